The highest BCUT2D eigenvalue weighted by atomic mass is 15.3. The molecule has 0 saturated carbocycles. The summed E-state index contributed by atoms with van der Waals surface area (Å²) in [4.78, 5) is 7.65. The van der Waals surface area contributed by atoms with Gasteiger partial charge in [0.15, 0.2) is 0 Å². The van der Waals surface area contributed by atoms with E-state index in [1.54, 1.807) is 0 Å². The Labute approximate surface area is 134 Å². The van der Waals surface area contributed by atoms with Crippen molar-refractivity contribution in [2.45, 2.75) is 13.1 Å². The minimum atomic E-state index is 0.702. The lowest BCUT2D eigenvalue weighted by molar-refractivity contribution is 0.686. The largest absolute Gasteiger partial charge is 0.366 e. The Morgan fingerprint density at radius 2 is 1.91 bits per heavy atom. The molecule has 0 aliphatic carbocycles. The average Bonchev–Trinajstić information content (AvgIpc) is 3.22. The highest BCUT2D eigenvalue weighted by molar-refractivity contribution is 5.77. The zero-order chi connectivity index (χ0) is 15.5. The summed E-state index contributed by atoms with van der Waals surface area (Å²) in [5.74, 6) is 0.857. The number of nitrogens with one attached hydrogen (secondary N) is 2. The molecule has 1 aromatic carbocycles. The fourth-order valence-corrected chi connectivity index (χ4v) is 2.58. The van der Waals surface area contributed by atoms with Gasteiger partial charge in [0.2, 0.25) is 0 Å². The summed E-state index contributed by atoms with van der Waals surface area (Å²) < 4.78 is 1.95. The van der Waals surface area contributed by atoms with E-state index in [0.717, 1.165) is 29.0 Å². The van der Waals surface area contributed by atoms with Crippen LogP contribution in [0.3, 0.4) is 0 Å². The van der Waals surface area contributed by atoms with Crippen molar-refractivity contribution in [1.29, 1.82) is 0 Å². The molecule has 5 nitrogen and oxygen atoms in total. The maximum Gasteiger partial charge on any atom is 0.139 e. The second-order valence-corrected chi connectivity index (χ2v) is 5.50. The van der Waals surface area contributed by atoms with Gasteiger partial charge in [0.1, 0.15) is 11.5 Å². The van der Waals surface area contributed by atoms with Crippen LogP contribution in [0.25, 0.3) is 11.0 Å². The number of hydrogen-bond acceptors (Lipinski definition) is 3. The van der Waals surface area contributed by atoms with E-state index >= 15 is 0 Å². The Morgan fingerprint density at radius 1 is 1.00 bits per heavy atom. The van der Waals surface area contributed by atoms with Crippen LogP contribution in [0.1, 0.15) is 11.1 Å². The SMILES string of the molecule is c1ccc(Cn2cc(CNc3ccc4cc[nH]c4n3)cn2)cc1. The van der Waals surface area contributed by atoms with Gasteiger partial charge in [-0.1, -0.05) is 30.3 Å². The topological polar surface area (TPSA) is 58.5 Å². The van der Waals surface area contributed by atoms with Gasteiger partial charge in [-0.3, -0.25) is 4.68 Å². The molecule has 0 radical (unpaired) electrons. The molecule has 0 saturated heterocycles. The van der Waals surface area contributed by atoms with E-state index in [1.807, 2.05) is 47.4 Å². The van der Waals surface area contributed by atoms with E-state index in [1.165, 1.54) is 5.56 Å². The summed E-state index contributed by atoms with van der Waals surface area (Å²) in [6, 6.07) is 16.4. The third-order valence-corrected chi connectivity index (χ3v) is 3.76. The number of aromatic amines is 1. The van der Waals surface area contributed by atoms with E-state index in [-0.39, 0.29) is 0 Å². The van der Waals surface area contributed by atoms with E-state index < -0.39 is 0 Å². The van der Waals surface area contributed by atoms with Crippen LogP contribution in [0.15, 0.2) is 67.1 Å². The van der Waals surface area contributed by atoms with Gasteiger partial charge in [0, 0.05) is 29.9 Å². The van der Waals surface area contributed by atoms with Crippen LogP contribution < -0.4 is 5.32 Å². The summed E-state index contributed by atoms with van der Waals surface area (Å²) in [5, 5.41) is 8.87. The number of anilines is 1. The Hall–Kier alpha value is -3.08. The molecule has 0 aliphatic heterocycles. The number of fused-ring (bicyclic) bond motifs is 1. The van der Waals surface area contributed by atoms with Gasteiger partial charge in [-0.25, -0.2) is 4.98 Å². The van der Waals surface area contributed by atoms with Gasteiger partial charge < -0.3 is 10.3 Å². The van der Waals surface area contributed by atoms with Crippen LogP contribution in [0.2, 0.25) is 0 Å². The minimum absolute atomic E-state index is 0.702. The number of H-pyrrole nitrogens is 1. The van der Waals surface area contributed by atoms with Crippen molar-refractivity contribution in [3.05, 3.63) is 78.2 Å². The lowest BCUT2D eigenvalue weighted by Gasteiger charge is -2.04. The van der Waals surface area contributed by atoms with Crippen molar-refractivity contribution in [2.24, 2.45) is 0 Å². The summed E-state index contributed by atoms with van der Waals surface area (Å²) >= 11 is 0. The van der Waals surface area contributed by atoms with Crippen molar-refractivity contribution < 1.29 is 0 Å². The van der Waals surface area contributed by atoms with Crippen molar-refractivity contribution in [1.82, 2.24) is 19.7 Å². The molecule has 4 aromatic rings. The van der Waals surface area contributed by atoms with Crippen LogP contribution in [0.5, 0.6) is 0 Å². The van der Waals surface area contributed by atoms with E-state index in [9.17, 15) is 0 Å². The predicted octanol–water partition coefficient (Wildman–Crippen LogP) is 3.42. The van der Waals surface area contributed by atoms with Crippen molar-refractivity contribution in [3.63, 3.8) is 0 Å². The molecule has 0 aliphatic rings. The maximum atomic E-state index is 4.53. The second-order valence-electron chi connectivity index (χ2n) is 5.50. The summed E-state index contributed by atoms with van der Waals surface area (Å²) in [5.41, 5.74) is 3.28. The molecule has 2 N–H and O–H groups in total. The summed E-state index contributed by atoms with van der Waals surface area (Å²) in [6.45, 7) is 1.49. The third-order valence-electron chi connectivity index (χ3n) is 3.76. The zero-order valence-corrected chi connectivity index (χ0v) is 12.6. The van der Waals surface area contributed by atoms with E-state index in [0.29, 0.717) is 6.54 Å². The van der Waals surface area contributed by atoms with Crippen molar-refractivity contribution >= 4 is 16.9 Å². The van der Waals surface area contributed by atoms with Gasteiger partial charge in [-0.15, -0.1) is 0 Å². The van der Waals surface area contributed by atoms with Gasteiger partial charge in [0.25, 0.3) is 0 Å². The van der Waals surface area contributed by atoms with Crippen LogP contribution in [0.4, 0.5) is 5.82 Å². The van der Waals surface area contributed by atoms with Gasteiger partial charge >= 0.3 is 0 Å². The molecule has 114 valence electrons. The molecule has 3 heterocycles. The lowest BCUT2D eigenvalue weighted by Crippen LogP contribution is -2.01. The van der Waals surface area contributed by atoms with Crippen LogP contribution in [-0.2, 0) is 13.1 Å². The summed E-state index contributed by atoms with van der Waals surface area (Å²) in [6.07, 6.45) is 5.85. The number of aromatic nitrogens is 4. The number of pyridine rings is 1. The second kappa shape index (κ2) is 5.96. The smallest absolute Gasteiger partial charge is 0.139 e. The highest BCUT2D eigenvalue weighted by Gasteiger charge is 2.02. The highest BCUT2D eigenvalue weighted by Crippen LogP contribution is 2.14. The molecular weight excluding hydrogens is 286 g/mol. The molecule has 3 aromatic heterocycles. The quantitative estimate of drug-likeness (QED) is 0.594. The Balaban J connectivity index is 1.41. The van der Waals surface area contributed by atoms with E-state index in [4.69, 9.17) is 0 Å². The summed E-state index contributed by atoms with van der Waals surface area (Å²) in [7, 11) is 0. The first-order chi connectivity index (χ1) is 11.4. The molecule has 0 unspecified atom stereocenters. The van der Waals surface area contributed by atoms with Crippen molar-refractivity contribution in [3.8, 4) is 0 Å². The fourth-order valence-electron chi connectivity index (χ4n) is 2.58. The maximum absolute atomic E-state index is 4.53. The van der Waals surface area contributed by atoms with Crippen molar-refractivity contribution in [2.75, 3.05) is 5.32 Å². The van der Waals surface area contributed by atoms with E-state index in [2.05, 4.69) is 44.8 Å². The first-order valence-electron chi connectivity index (χ1n) is 7.60. The minimum Gasteiger partial charge on any atom is -0.366 e. The molecule has 5 heteroatoms. The first-order valence-corrected chi connectivity index (χ1v) is 7.60. The first kappa shape index (κ1) is 13.6. The van der Waals surface area contributed by atoms with Gasteiger partial charge in [-0.2, -0.15) is 5.10 Å². The number of nitrogens with zero attached hydrogens (tertiary/aromatic N) is 3. The third kappa shape index (κ3) is 3.08. The fraction of sp³-hybridized carbons (Fsp3) is 0.111. The number of rotatable bonds is 5. The van der Waals surface area contributed by atoms with Gasteiger partial charge in [0.05, 0.1) is 12.7 Å². The molecule has 0 bridgehead atoms. The standard InChI is InChI=1S/C18H17N5/c1-2-4-14(5-3-1)12-23-13-15(11-21-23)10-20-17-7-6-16-8-9-19-18(16)22-17/h1-9,11,13H,10,12H2,(H2,19,20,22). The van der Waals surface area contributed by atoms with Gasteiger partial charge in [-0.05, 0) is 23.8 Å². The lowest BCUT2D eigenvalue weighted by atomic mass is 10.2. The molecule has 0 spiro atoms. The molecule has 0 atom stereocenters. The molecule has 0 fully saturated rings. The number of hydrogen-bond donors (Lipinski definition) is 2. The Kier molecular flexibility index (Phi) is 3.52. The average molecular weight is 303 g/mol. The van der Waals surface area contributed by atoms with Crippen LogP contribution in [0, 0.1) is 0 Å². The molecule has 0 amide bonds. The predicted molar refractivity (Wildman–Crippen MR) is 91.2 cm³/mol. The monoisotopic (exact) mass is 303 g/mol. The Morgan fingerprint density at radius 3 is 2.83 bits per heavy atom. The van der Waals surface area contributed by atoms with Crippen LogP contribution in [-0.4, -0.2) is 19.7 Å². The molecular formula is C18H17N5. The zero-order valence-electron chi connectivity index (χ0n) is 12.6. The van der Waals surface area contributed by atoms with Crippen LogP contribution >= 0.6 is 0 Å². The number of benzene rings is 1. The molecule has 4 rings (SSSR count). The Bertz CT molecular complexity index is 907. The molecule has 23 heavy (non-hydrogen) atoms. The normalized spacial score (nSPS) is 11.0.